The Balaban J connectivity index is 2.60. The highest BCUT2D eigenvalue weighted by atomic mass is 19.4. The summed E-state index contributed by atoms with van der Waals surface area (Å²) in [6.45, 7) is 3.80. The molecule has 7 heteroatoms. The Morgan fingerprint density at radius 3 is 2.48 bits per heavy atom. The van der Waals surface area contributed by atoms with Crippen molar-refractivity contribution < 1.29 is 18.0 Å². The van der Waals surface area contributed by atoms with Gasteiger partial charge in [-0.1, -0.05) is 6.07 Å². The minimum atomic E-state index is -4.62. The molecule has 1 heterocycles. The van der Waals surface area contributed by atoms with E-state index in [1.807, 2.05) is 13.8 Å². The summed E-state index contributed by atoms with van der Waals surface area (Å²) in [5.74, 6) is -1.11. The minimum absolute atomic E-state index is 0.0364. The number of carbonyl (C=O) groups is 1. The molecule has 21 heavy (non-hydrogen) atoms. The van der Waals surface area contributed by atoms with Gasteiger partial charge in [0.1, 0.15) is 0 Å². The first kappa shape index (κ1) is 15.1. The average Bonchev–Trinajstić information content (AvgIpc) is 2.86. The number of nitrogens with zero attached hydrogens (tertiary/aromatic N) is 2. The van der Waals surface area contributed by atoms with E-state index >= 15 is 0 Å². The Morgan fingerprint density at radius 1 is 1.29 bits per heavy atom. The van der Waals surface area contributed by atoms with Gasteiger partial charge in [-0.15, -0.1) is 0 Å². The molecule has 0 aliphatic rings. The van der Waals surface area contributed by atoms with Crippen molar-refractivity contribution in [3.8, 4) is 11.3 Å². The number of halogens is 3. The van der Waals surface area contributed by atoms with Crippen LogP contribution in [0.1, 0.15) is 35.8 Å². The molecule has 0 saturated carbocycles. The number of hydrogen-bond donors (Lipinski definition) is 1. The van der Waals surface area contributed by atoms with E-state index in [0.717, 1.165) is 12.1 Å². The van der Waals surface area contributed by atoms with Crippen molar-refractivity contribution in [1.82, 2.24) is 9.78 Å². The second-order valence-corrected chi connectivity index (χ2v) is 4.88. The van der Waals surface area contributed by atoms with Gasteiger partial charge >= 0.3 is 6.18 Å². The summed E-state index contributed by atoms with van der Waals surface area (Å²) in [6, 6.07) is 5.04. The molecule has 1 aromatic carbocycles. The van der Waals surface area contributed by atoms with Crippen LogP contribution in [-0.2, 0) is 6.18 Å². The van der Waals surface area contributed by atoms with Crippen LogP contribution in [0, 0.1) is 0 Å². The van der Waals surface area contributed by atoms with Crippen LogP contribution in [0.15, 0.2) is 30.5 Å². The van der Waals surface area contributed by atoms with Gasteiger partial charge in [-0.3, -0.25) is 9.48 Å². The SMILES string of the molecule is CC(C)n1nccc1-c1ccc(C(F)(F)F)c(C(N)=O)c1. The first-order chi connectivity index (χ1) is 9.71. The van der Waals surface area contributed by atoms with Crippen LogP contribution in [0.5, 0.6) is 0 Å². The number of nitrogens with two attached hydrogens (primary N) is 1. The van der Waals surface area contributed by atoms with Crippen molar-refractivity contribution in [2.45, 2.75) is 26.1 Å². The Hall–Kier alpha value is -2.31. The largest absolute Gasteiger partial charge is 0.417 e. The number of aromatic nitrogens is 2. The molecular weight excluding hydrogens is 283 g/mol. The molecule has 0 fully saturated rings. The fourth-order valence-electron chi connectivity index (χ4n) is 2.11. The summed E-state index contributed by atoms with van der Waals surface area (Å²) in [6.07, 6.45) is -3.07. The highest BCUT2D eigenvalue weighted by Crippen LogP contribution is 2.34. The number of benzene rings is 1. The van der Waals surface area contributed by atoms with E-state index in [4.69, 9.17) is 5.73 Å². The first-order valence-corrected chi connectivity index (χ1v) is 6.26. The predicted molar refractivity (Wildman–Crippen MR) is 71.6 cm³/mol. The smallest absolute Gasteiger partial charge is 0.366 e. The molecule has 2 rings (SSSR count). The summed E-state index contributed by atoms with van der Waals surface area (Å²) < 4.78 is 40.3. The van der Waals surface area contributed by atoms with E-state index in [2.05, 4.69) is 5.10 Å². The molecule has 0 atom stereocenters. The molecule has 0 aliphatic carbocycles. The third-order valence-corrected chi connectivity index (χ3v) is 3.05. The molecule has 0 radical (unpaired) electrons. The van der Waals surface area contributed by atoms with Crippen LogP contribution < -0.4 is 5.73 Å². The van der Waals surface area contributed by atoms with E-state index in [-0.39, 0.29) is 6.04 Å². The maximum atomic E-state index is 12.9. The second-order valence-electron chi connectivity index (χ2n) is 4.88. The van der Waals surface area contributed by atoms with Gasteiger partial charge < -0.3 is 5.73 Å². The molecule has 112 valence electrons. The van der Waals surface area contributed by atoms with Crippen LogP contribution in [0.25, 0.3) is 11.3 Å². The summed E-state index contributed by atoms with van der Waals surface area (Å²) >= 11 is 0. The van der Waals surface area contributed by atoms with Gasteiger partial charge in [-0.2, -0.15) is 18.3 Å². The average molecular weight is 297 g/mol. The highest BCUT2D eigenvalue weighted by Gasteiger charge is 2.35. The summed E-state index contributed by atoms with van der Waals surface area (Å²) in [7, 11) is 0. The van der Waals surface area contributed by atoms with Crippen LogP contribution >= 0.6 is 0 Å². The van der Waals surface area contributed by atoms with Crippen LogP contribution in [-0.4, -0.2) is 15.7 Å². The van der Waals surface area contributed by atoms with Crippen molar-refractivity contribution >= 4 is 5.91 Å². The Morgan fingerprint density at radius 2 is 1.95 bits per heavy atom. The molecule has 0 aliphatic heterocycles. The lowest BCUT2D eigenvalue weighted by molar-refractivity contribution is -0.137. The second kappa shape index (κ2) is 5.23. The zero-order chi connectivity index (χ0) is 15.8. The van der Waals surface area contributed by atoms with Crippen molar-refractivity contribution in [2.75, 3.05) is 0 Å². The van der Waals surface area contributed by atoms with Crippen LogP contribution in [0.4, 0.5) is 13.2 Å². The summed E-state index contributed by atoms with van der Waals surface area (Å²) in [5, 5.41) is 4.12. The zero-order valence-corrected chi connectivity index (χ0v) is 11.5. The molecule has 1 amide bonds. The Bertz CT molecular complexity index is 674. The monoisotopic (exact) mass is 297 g/mol. The number of carbonyl (C=O) groups excluding carboxylic acids is 1. The molecule has 4 nitrogen and oxygen atoms in total. The first-order valence-electron chi connectivity index (χ1n) is 6.26. The van der Waals surface area contributed by atoms with E-state index in [1.54, 1.807) is 16.9 Å². The molecule has 0 saturated heterocycles. The fourth-order valence-corrected chi connectivity index (χ4v) is 2.11. The molecule has 0 bridgehead atoms. The van der Waals surface area contributed by atoms with Crippen LogP contribution in [0.3, 0.4) is 0 Å². The van der Waals surface area contributed by atoms with Crippen molar-refractivity contribution in [3.63, 3.8) is 0 Å². The topological polar surface area (TPSA) is 60.9 Å². The number of rotatable bonds is 3. The van der Waals surface area contributed by atoms with E-state index in [1.165, 1.54) is 6.07 Å². The van der Waals surface area contributed by atoms with Gasteiger partial charge in [0.05, 0.1) is 16.8 Å². The summed E-state index contributed by atoms with van der Waals surface area (Å²) in [5.41, 5.74) is 4.58. The lowest BCUT2D eigenvalue weighted by atomic mass is 10.0. The van der Waals surface area contributed by atoms with Crippen molar-refractivity contribution in [2.24, 2.45) is 5.73 Å². The van der Waals surface area contributed by atoms with Gasteiger partial charge in [0.25, 0.3) is 0 Å². The summed E-state index contributed by atoms with van der Waals surface area (Å²) in [4.78, 5) is 11.3. The lowest BCUT2D eigenvalue weighted by Gasteiger charge is -2.14. The zero-order valence-electron chi connectivity index (χ0n) is 11.5. The molecule has 0 spiro atoms. The Labute approximate surface area is 119 Å². The molecule has 1 aromatic heterocycles. The van der Waals surface area contributed by atoms with Gasteiger partial charge in [0.2, 0.25) is 5.91 Å². The van der Waals surface area contributed by atoms with E-state index in [9.17, 15) is 18.0 Å². The van der Waals surface area contributed by atoms with Gasteiger partial charge in [0.15, 0.2) is 0 Å². The van der Waals surface area contributed by atoms with Gasteiger partial charge in [0, 0.05) is 17.8 Å². The van der Waals surface area contributed by atoms with Gasteiger partial charge in [-0.25, -0.2) is 0 Å². The predicted octanol–water partition coefficient (Wildman–Crippen LogP) is 3.25. The minimum Gasteiger partial charge on any atom is -0.366 e. The maximum Gasteiger partial charge on any atom is 0.417 e. The number of amides is 1. The third-order valence-electron chi connectivity index (χ3n) is 3.05. The van der Waals surface area contributed by atoms with E-state index in [0.29, 0.717) is 11.3 Å². The molecule has 0 unspecified atom stereocenters. The fraction of sp³-hybridized carbons (Fsp3) is 0.286. The molecular formula is C14H14F3N3O. The molecule has 2 N–H and O–H groups in total. The van der Waals surface area contributed by atoms with Crippen molar-refractivity contribution in [1.29, 1.82) is 0 Å². The van der Waals surface area contributed by atoms with Crippen molar-refractivity contribution in [3.05, 3.63) is 41.6 Å². The number of alkyl halides is 3. The molecule has 2 aromatic rings. The highest BCUT2D eigenvalue weighted by molar-refractivity contribution is 5.95. The van der Waals surface area contributed by atoms with Gasteiger partial charge in [-0.05, 0) is 32.0 Å². The Kier molecular flexibility index (Phi) is 3.76. The third kappa shape index (κ3) is 2.91. The standard InChI is InChI=1S/C14H14F3N3O/c1-8(2)20-12(5-6-19-20)9-3-4-11(14(15,16)17)10(7-9)13(18)21/h3-8H,1-2H3,(H2,18,21). The van der Waals surface area contributed by atoms with E-state index < -0.39 is 23.2 Å². The van der Waals surface area contributed by atoms with Crippen LogP contribution in [0.2, 0.25) is 0 Å². The normalized spacial score (nSPS) is 11.9. The maximum absolute atomic E-state index is 12.9. The number of hydrogen-bond acceptors (Lipinski definition) is 2. The lowest BCUT2D eigenvalue weighted by Crippen LogP contribution is -2.19. The quantitative estimate of drug-likeness (QED) is 0.945. The number of primary amides is 1.